The van der Waals surface area contributed by atoms with Crippen molar-refractivity contribution in [3.8, 4) is 11.8 Å². The van der Waals surface area contributed by atoms with Gasteiger partial charge in [0.2, 0.25) is 11.8 Å². The molecule has 0 spiro atoms. The van der Waals surface area contributed by atoms with Gasteiger partial charge in [-0.05, 0) is 125 Å². The zero-order valence-corrected chi connectivity index (χ0v) is 47.7. The lowest BCUT2D eigenvalue weighted by Crippen LogP contribution is -2.46. The van der Waals surface area contributed by atoms with Gasteiger partial charge in [0.15, 0.2) is 0 Å². The Labute approximate surface area is 475 Å². The van der Waals surface area contributed by atoms with Gasteiger partial charge in [-0.15, -0.1) is 0 Å². The molecule has 2 aromatic heterocycles. The molecule has 82 heavy (non-hydrogen) atoms. The lowest BCUT2D eigenvalue weighted by molar-refractivity contribution is -0.118. The van der Waals surface area contributed by atoms with Crippen molar-refractivity contribution in [2.45, 2.75) is 120 Å². The van der Waals surface area contributed by atoms with Crippen molar-refractivity contribution in [1.29, 1.82) is 0 Å². The summed E-state index contributed by atoms with van der Waals surface area (Å²) in [4.78, 5) is 125. The van der Waals surface area contributed by atoms with E-state index in [2.05, 4.69) is 43.1 Å². The molecule has 0 fully saturated rings. The predicted molar refractivity (Wildman–Crippen MR) is 320 cm³/mol. The fourth-order valence-electron chi connectivity index (χ4n) is 11.4. The van der Waals surface area contributed by atoms with Crippen LogP contribution in [0.4, 0.5) is 23.3 Å². The first-order valence-electron chi connectivity index (χ1n) is 27.8. The van der Waals surface area contributed by atoms with Gasteiger partial charge in [0.25, 0.3) is 35.4 Å². The van der Waals surface area contributed by atoms with Gasteiger partial charge in [-0.3, -0.25) is 48.2 Å². The molecule has 6 aromatic carbocycles. The summed E-state index contributed by atoms with van der Waals surface area (Å²) < 4.78 is 0. The van der Waals surface area contributed by atoms with E-state index in [4.69, 9.17) is 0 Å². The zero-order chi connectivity index (χ0) is 58.7. The molecule has 0 bridgehead atoms. The number of imide groups is 2. The molecule has 0 saturated carbocycles. The van der Waals surface area contributed by atoms with E-state index >= 15 is 0 Å². The second kappa shape index (κ2) is 21.6. The van der Waals surface area contributed by atoms with Gasteiger partial charge in [-0.25, -0.2) is 9.97 Å². The van der Waals surface area contributed by atoms with Crippen molar-refractivity contribution in [3.05, 3.63) is 142 Å². The van der Waals surface area contributed by atoms with Crippen LogP contribution in [0, 0.1) is 22.7 Å². The summed E-state index contributed by atoms with van der Waals surface area (Å²) in [6.07, 6.45) is 2.71. The monoisotopic (exact) mass is 1100 g/mol. The number of fused-ring (bicyclic) bond motifs is 2. The number of benzene rings is 6. The van der Waals surface area contributed by atoms with Crippen molar-refractivity contribution in [2.24, 2.45) is 10.8 Å². The summed E-state index contributed by atoms with van der Waals surface area (Å²) in [5, 5.41) is 16.0. The van der Waals surface area contributed by atoms with Gasteiger partial charge in [-0.1, -0.05) is 111 Å². The van der Waals surface area contributed by atoms with Crippen LogP contribution < -0.4 is 21.3 Å². The van der Waals surface area contributed by atoms with E-state index in [1.165, 1.54) is 28.0 Å². The van der Waals surface area contributed by atoms with Crippen LogP contribution >= 0.6 is 0 Å². The number of rotatable bonds is 14. The number of aromatic nitrogens is 2. The fourth-order valence-corrected chi connectivity index (χ4v) is 11.4. The van der Waals surface area contributed by atoms with Gasteiger partial charge in [-0.2, -0.15) is 0 Å². The SMILES string of the molecule is CCC(CC)N1C(=O)c2ccc3c4ccc5c6c(cc(C#Cc7cc(C(=O)Nc8cccc(NC(=O)CC(C)(C)C)n8)cc(C(=O)Nc8cccc(NC(=O)CC(C)(C)C)n8)c7)c(c7ccc(c2c37)C1=O)c64)C(=O)N(C(CC)CC)C5=O. The van der Waals surface area contributed by atoms with Gasteiger partial charge in [0, 0.05) is 91.0 Å². The molecule has 16 heteroatoms. The van der Waals surface area contributed by atoms with E-state index < -0.39 is 23.6 Å². The Morgan fingerprint density at radius 3 is 1.27 bits per heavy atom. The highest BCUT2D eigenvalue weighted by Crippen LogP contribution is 2.48. The van der Waals surface area contributed by atoms with E-state index in [-0.39, 0.29) is 105 Å². The maximum absolute atomic E-state index is 14.9. The third-order valence-electron chi connectivity index (χ3n) is 15.1. The highest BCUT2D eigenvalue weighted by molar-refractivity contribution is 6.42. The number of pyridine rings is 2. The summed E-state index contributed by atoms with van der Waals surface area (Å²) in [6, 6.07) is 25.8. The molecule has 16 nitrogen and oxygen atoms in total. The highest BCUT2D eigenvalue weighted by atomic mass is 16.2. The van der Waals surface area contributed by atoms with Crippen LogP contribution in [0.3, 0.4) is 0 Å². The highest BCUT2D eigenvalue weighted by Gasteiger charge is 2.40. The molecule has 0 aliphatic carbocycles. The van der Waals surface area contributed by atoms with Crippen LogP contribution in [0.5, 0.6) is 0 Å². The lowest BCUT2D eigenvalue weighted by atomic mass is 9.80. The van der Waals surface area contributed by atoms with Crippen LogP contribution in [0.1, 0.15) is 181 Å². The molecule has 8 amide bonds. The number of anilines is 4. The number of carbonyl (C=O) groups is 8. The second-order valence-electron chi connectivity index (χ2n) is 23.6. The number of nitrogens with zero attached hydrogens (tertiary/aromatic N) is 4. The third kappa shape index (κ3) is 10.5. The quantitative estimate of drug-likeness (QED) is 0.0349. The third-order valence-corrected chi connectivity index (χ3v) is 15.1. The molecule has 8 aromatic rings. The van der Waals surface area contributed by atoms with Crippen molar-refractivity contribution in [3.63, 3.8) is 0 Å². The molecule has 416 valence electrons. The van der Waals surface area contributed by atoms with Crippen molar-refractivity contribution < 1.29 is 38.4 Å². The van der Waals surface area contributed by atoms with Gasteiger partial charge in [0.05, 0.1) is 0 Å². The number of hydrogen-bond donors (Lipinski definition) is 4. The molecule has 4 N–H and O–H groups in total. The second-order valence-corrected chi connectivity index (χ2v) is 23.6. The van der Waals surface area contributed by atoms with Gasteiger partial charge < -0.3 is 21.3 Å². The first-order chi connectivity index (χ1) is 39.0. The standard InChI is InChI=1S/C66H64N8O8/c1-11-39(12-2)73-61(79)44-26-23-41-42-24-27-46-57-47(64(82)74(63(46)81)40(13-3)14-4)32-36(54(58(42)57)43-25-28-45(62(73)80)56(44)55(41)43)22-21-35-29-37(59(77)71-50-19-15-17-48(67-50)69-52(75)33-65(5,6)7)31-38(30-35)60(78)72-51-20-16-18-49(68-51)70-53(76)34-66(8,9)10/h15-20,23-32,39-40H,11-14,33-34H2,1-10H3,(H2,67,69,71,75,77)(H2,68,70,72,76,78). The van der Waals surface area contributed by atoms with Crippen LogP contribution in [0.2, 0.25) is 0 Å². The minimum atomic E-state index is -0.660. The van der Waals surface area contributed by atoms with Crippen LogP contribution in [-0.4, -0.2) is 79.1 Å². The molecule has 0 radical (unpaired) electrons. The van der Waals surface area contributed by atoms with Crippen LogP contribution in [-0.2, 0) is 9.59 Å². The van der Waals surface area contributed by atoms with Crippen molar-refractivity contribution in [2.75, 3.05) is 21.3 Å². The maximum atomic E-state index is 14.9. The maximum Gasteiger partial charge on any atom is 0.261 e. The Kier molecular flexibility index (Phi) is 14.7. The average Bonchev–Trinajstić information content (AvgIpc) is 0.828. The molecule has 0 atom stereocenters. The number of amides is 8. The van der Waals surface area contributed by atoms with Gasteiger partial charge >= 0.3 is 0 Å². The number of nitrogens with one attached hydrogen (secondary N) is 4. The van der Waals surface area contributed by atoms with Gasteiger partial charge in [0.1, 0.15) is 23.3 Å². The van der Waals surface area contributed by atoms with E-state index in [0.717, 1.165) is 5.39 Å². The minimum absolute atomic E-state index is 0.0124. The Morgan fingerprint density at radius 2 is 0.841 bits per heavy atom. The fraction of sp³-hybridized carbons (Fsp3) is 0.303. The summed E-state index contributed by atoms with van der Waals surface area (Å²) in [5.41, 5.74) is 1.44. The molecule has 0 saturated heterocycles. The first kappa shape index (κ1) is 55.9. The number of hydrogen-bond acceptors (Lipinski definition) is 10. The Hall–Kier alpha value is -9.36. The van der Waals surface area contributed by atoms with E-state index in [9.17, 15) is 38.4 Å². The predicted octanol–water partition coefficient (Wildman–Crippen LogP) is 12.8. The van der Waals surface area contributed by atoms with E-state index in [0.29, 0.717) is 85.6 Å². The summed E-state index contributed by atoms with van der Waals surface area (Å²) in [5.74, 6) is 3.78. The molecule has 2 aliphatic rings. The molecule has 2 aliphatic heterocycles. The first-order valence-corrected chi connectivity index (χ1v) is 27.8. The lowest BCUT2D eigenvalue weighted by Gasteiger charge is -2.34. The van der Waals surface area contributed by atoms with E-state index in [1.54, 1.807) is 60.7 Å². The Bertz CT molecular complexity index is 3980. The summed E-state index contributed by atoms with van der Waals surface area (Å²) >= 11 is 0. The molecule has 4 heterocycles. The largest absolute Gasteiger partial charge is 0.311 e. The molecule has 10 rings (SSSR count). The average molecular weight is 1100 g/mol. The Balaban J connectivity index is 1.14. The minimum Gasteiger partial charge on any atom is -0.311 e. The topological polar surface area (TPSA) is 217 Å². The normalized spacial score (nSPS) is 13.4. The van der Waals surface area contributed by atoms with Crippen molar-refractivity contribution in [1.82, 2.24) is 19.8 Å². The van der Waals surface area contributed by atoms with Crippen LogP contribution in [0.25, 0.3) is 43.1 Å². The smallest absolute Gasteiger partial charge is 0.261 e. The van der Waals surface area contributed by atoms with Crippen LogP contribution in [0.15, 0.2) is 97.1 Å². The van der Waals surface area contributed by atoms with Crippen molar-refractivity contribution >= 4 is 114 Å². The molecular formula is C66H64N8O8. The van der Waals surface area contributed by atoms with E-state index in [1.807, 2.05) is 87.4 Å². The molecule has 0 unspecified atom stereocenters. The zero-order valence-electron chi connectivity index (χ0n) is 47.7. The number of carbonyl (C=O) groups excluding carboxylic acids is 8. The molecular weight excluding hydrogens is 1030 g/mol. The summed E-state index contributed by atoms with van der Waals surface area (Å²) in [7, 11) is 0. The summed E-state index contributed by atoms with van der Waals surface area (Å²) in [6.45, 7) is 19.4. The Morgan fingerprint density at radius 1 is 0.451 bits per heavy atom.